The van der Waals surface area contributed by atoms with Crippen LogP contribution in [0.2, 0.25) is 5.02 Å². The van der Waals surface area contributed by atoms with Crippen LogP contribution in [-0.2, 0) is 16.6 Å². The molecule has 1 N–H and O–H groups in total. The van der Waals surface area contributed by atoms with Crippen molar-refractivity contribution in [2.24, 2.45) is 0 Å². The third-order valence-corrected chi connectivity index (χ3v) is 7.07. The summed E-state index contributed by atoms with van der Waals surface area (Å²) in [4.78, 5) is 26.7. The highest BCUT2D eigenvalue weighted by atomic mass is 35.5. The van der Waals surface area contributed by atoms with E-state index in [0.717, 1.165) is 35.8 Å². The highest BCUT2D eigenvalue weighted by Gasteiger charge is 2.50. The number of carbonyl (C=O) groups excluding carboxylic acids is 1. The predicted octanol–water partition coefficient (Wildman–Crippen LogP) is 6.27. The fourth-order valence-corrected chi connectivity index (χ4v) is 5.05. The largest absolute Gasteiger partial charge is 0.488 e. The van der Waals surface area contributed by atoms with Crippen molar-refractivity contribution in [3.05, 3.63) is 87.7 Å². The Morgan fingerprint density at radius 2 is 1.85 bits per heavy atom. The second-order valence-corrected chi connectivity index (χ2v) is 10.0. The molecule has 2 aliphatic heterocycles. The van der Waals surface area contributed by atoms with Gasteiger partial charge in [-0.1, -0.05) is 23.7 Å². The molecule has 0 fully saturated rings. The molecule has 2 heterocycles. The Kier molecular flexibility index (Phi) is 4.99. The van der Waals surface area contributed by atoms with Crippen molar-refractivity contribution in [1.29, 1.82) is 0 Å². The molecule has 2 aliphatic rings. The average molecular weight is 480 g/mol. The molecule has 34 heavy (non-hydrogen) atoms. The van der Waals surface area contributed by atoms with Gasteiger partial charge in [0.2, 0.25) is 5.91 Å². The second kappa shape index (κ2) is 7.57. The summed E-state index contributed by atoms with van der Waals surface area (Å²) in [6, 6.07) is 14.7. The molecule has 0 unspecified atom stereocenters. The number of halogens is 2. The molecule has 1 amide bonds. The fraction of sp³-hybridized carbons (Fsp3) is 0.259. The first-order chi connectivity index (χ1) is 16.0. The molecule has 5 rings (SSSR count). The molecule has 7 heteroatoms. The Balaban J connectivity index is 1.65. The molecular weight excluding hydrogens is 457 g/mol. The van der Waals surface area contributed by atoms with Crippen LogP contribution in [0.1, 0.15) is 54.2 Å². The van der Waals surface area contributed by atoms with Crippen LogP contribution in [0, 0.1) is 5.82 Å². The molecule has 3 aromatic carbocycles. The number of carboxylic acids is 1. The molecule has 0 aliphatic carbocycles. The van der Waals surface area contributed by atoms with Crippen molar-refractivity contribution < 1.29 is 23.8 Å². The summed E-state index contributed by atoms with van der Waals surface area (Å²) in [5.41, 5.74) is 1.57. The van der Waals surface area contributed by atoms with E-state index in [1.54, 1.807) is 18.2 Å². The second-order valence-electron chi connectivity index (χ2n) is 9.58. The molecule has 0 saturated heterocycles. The van der Waals surface area contributed by atoms with Gasteiger partial charge in [-0.15, -0.1) is 0 Å². The highest BCUT2D eigenvalue weighted by molar-refractivity contribution is 6.31. The molecule has 0 saturated carbocycles. The van der Waals surface area contributed by atoms with Gasteiger partial charge >= 0.3 is 5.97 Å². The third-order valence-electron chi connectivity index (χ3n) is 6.83. The average Bonchev–Trinajstić information content (AvgIpc) is 3.00. The van der Waals surface area contributed by atoms with E-state index in [-0.39, 0.29) is 17.2 Å². The van der Waals surface area contributed by atoms with Gasteiger partial charge in [0.15, 0.2) is 0 Å². The van der Waals surface area contributed by atoms with E-state index in [0.29, 0.717) is 16.3 Å². The van der Waals surface area contributed by atoms with Gasteiger partial charge in [-0.25, -0.2) is 9.18 Å². The van der Waals surface area contributed by atoms with Crippen molar-refractivity contribution in [1.82, 2.24) is 0 Å². The predicted molar refractivity (Wildman–Crippen MR) is 128 cm³/mol. The summed E-state index contributed by atoms with van der Waals surface area (Å²) in [5, 5.41) is 9.66. The highest BCUT2D eigenvalue weighted by Crippen LogP contribution is 2.50. The summed E-state index contributed by atoms with van der Waals surface area (Å²) in [6.45, 7) is 5.94. The summed E-state index contributed by atoms with van der Waals surface area (Å²) >= 11 is 6.33. The minimum Gasteiger partial charge on any atom is -0.488 e. The molecule has 5 nitrogen and oxygen atoms in total. The molecule has 0 bridgehead atoms. The lowest BCUT2D eigenvalue weighted by Crippen LogP contribution is -2.37. The maximum Gasteiger partial charge on any atom is 0.338 e. The van der Waals surface area contributed by atoms with E-state index in [9.17, 15) is 19.1 Å². The molecule has 0 aromatic heterocycles. The Bertz CT molecular complexity index is 1370. The maximum atomic E-state index is 14.5. The lowest BCUT2D eigenvalue weighted by Gasteiger charge is -2.34. The zero-order valence-corrected chi connectivity index (χ0v) is 19.7. The fourth-order valence-electron chi connectivity index (χ4n) is 4.87. The first-order valence-corrected chi connectivity index (χ1v) is 11.4. The van der Waals surface area contributed by atoms with Crippen LogP contribution in [0.4, 0.5) is 15.8 Å². The van der Waals surface area contributed by atoms with Crippen LogP contribution in [-0.4, -0.2) is 22.6 Å². The number of carboxylic acid groups (broad SMARTS) is 1. The number of amides is 1. The van der Waals surface area contributed by atoms with E-state index in [4.69, 9.17) is 16.3 Å². The lowest BCUT2D eigenvalue weighted by molar-refractivity contribution is -0.120. The number of rotatable bonds is 3. The summed E-state index contributed by atoms with van der Waals surface area (Å²) < 4.78 is 20.6. The Hall–Kier alpha value is -3.38. The first-order valence-electron chi connectivity index (χ1n) is 11.0. The van der Waals surface area contributed by atoms with Gasteiger partial charge in [0, 0.05) is 5.02 Å². The normalized spacial score (nSPS) is 20.5. The van der Waals surface area contributed by atoms with Gasteiger partial charge in [-0.05, 0) is 92.8 Å². The topological polar surface area (TPSA) is 66.8 Å². The van der Waals surface area contributed by atoms with E-state index in [1.165, 1.54) is 17.0 Å². The zero-order chi connectivity index (χ0) is 24.4. The number of anilines is 2. The SMILES string of the molecule is CC1(C)CCc2cc([C@]3(C)C(=O)N(c4ccc(C(=O)O)c(F)c4)c4ccc(Cl)cc43)ccc2O1. The number of hydrogen-bond acceptors (Lipinski definition) is 3. The number of aromatic carboxylic acids is 1. The van der Waals surface area contributed by atoms with Gasteiger partial charge in [-0.2, -0.15) is 0 Å². The summed E-state index contributed by atoms with van der Waals surface area (Å²) in [6.07, 6.45) is 1.69. The maximum absolute atomic E-state index is 14.5. The van der Waals surface area contributed by atoms with Crippen molar-refractivity contribution in [2.45, 2.75) is 44.6 Å². The Morgan fingerprint density at radius 3 is 2.56 bits per heavy atom. The molecule has 0 spiro atoms. The van der Waals surface area contributed by atoms with E-state index in [1.807, 2.05) is 25.1 Å². The monoisotopic (exact) mass is 479 g/mol. The van der Waals surface area contributed by atoms with Crippen molar-refractivity contribution in [2.75, 3.05) is 4.90 Å². The van der Waals surface area contributed by atoms with Crippen LogP contribution in [0.3, 0.4) is 0 Å². The number of carbonyl (C=O) groups is 2. The van der Waals surface area contributed by atoms with E-state index in [2.05, 4.69) is 13.8 Å². The van der Waals surface area contributed by atoms with Crippen LogP contribution in [0.15, 0.2) is 54.6 Å². The number of benzene rings is 3. The first kappa shape index (κ1) is 22.4. The lowest BCUT2D eigenvalue weighted by atomic mass is 9.76. The van der Waals surface area contributed by atoms with E-state index >= 15 is 0 Å². The van der Waals surface area contributed by atoms with Crippen molar-refractivity contribution >= 4 is 34.9 Å². The molecule has 174 valence electrons. The summed E-state index contributed by atoms with van der Waals surface area (Å²) in [5.74, 6) is -1.74. The van der Waals surface area contributed by atoms with Crippen LogP contribution in [0.5, 0.6) is 5.75 Å². The standard InChI is InChI=1S/C27H23ClFNO4/c1-26(2)11-10-15-12-16(4-9-23(15)34-26)27(3)20-13-17(28)5-8-22(20)30(25(27)33)18-6-7-19(24(31)32)21(29)14-18/h4-9,12-14H,10-11H2,1-3H3,(H,31,32)/t27-/m0/s1. The van der Waals surface area contributed by atoms with Gasteiger partial charge in [0.25, 0.3) is 0 Å². The number of nitrogens with zero attached hydrogens (tertiary/aromatic N) is 1. The number of fused-ring (bicyclic) bond motifs is 2. The third kappa shape index (κ3) is 3.36. The quantitative estimate of drug-likeness (QED) is 0.481. The van der Waals surface area contributed by atoms with Crippen LogP contribution < -0.4 is 9.64 Å². The molecular formula is C27H23ClFNO4. The minimum atomic E-state index is -1.37. The number of hydrogen-bond donors (Lipinski definition) is 1. The molecule has 0 radical (unpaired) electrons. The van der Waals surface area contributed by atoms with Gasteiger partial charge in [-0.3, -0.25) is 9.69 Å². The van der Waals surface area contributed by atoms with Gasteiger partial charge in [0.1, 0.15) is 17.2 Å². The van der Waals surface area contributed by atoms with Crippen molar-refractivity contribution in [3.8, 4) is 5.75 Å². The van der Waals surface area contributed by atoms with Gasteiger partial charge < -0.3 is 9.84 Å². The van der Waals surface area contributed by atoms with Crippen LogP contribution in [0.25, 0.3) is 0 Å². The minimum absolute atomic E-state index is 0.245. The molecule has 1 atom stereocenters. The van der Waals surface area contributed by atoms with Crippen molar-refractivity contribution in [3.63, 3.8) is 0 Å². The zero-order valence-electron chi connectivity index (χ0n) is 19.0. The Morgan fingerprint density at radius 1 is 1.09 bits per heavy atom. The number of aryl methyl sites for hydroxylation is 1. The van der Waals surface area contributed by atoms with Crippen LogP contribution >= 0.6 is 11.6 Å². The number of ether oxygens (including phenoxy) is 1. The van der Waals surface area contributed by atoms with Gasteiger partial charge in [0.05, 0.1) is 22.4 Å². The smallest absolute Gasteiger partial charge is 0.338 e. The Labute approximate surface area is 201 Å². The van der Waals surface area contributed by atoms with E-state index < -0.39 is 22.8 Å². The molecule has 3 aromatic rings. The summed E-state index contributed by atoms with van der Waals surface area (Å²) in [7, 11) is 0.